The van der Waals surface area contributed by atoms with E-state index in [-0.39, 0.29) is 0 Å². The Hall–Kier alpha value is -2.96. The van der Waals surface area contributed by atoms with Crippen LogP contribution in [0.3, 0.4) is 0 Å². The summed E-state index contributed by atoms with van der Waals surface area (Å²) in [6, 6.07) is 5.23. The molecule has 0 bridgehead atoms. The van der Waals surface area contributed by atoms with E-state index in [0.717, 1.165) is 22.5 Å². The Balaban J connectivity index is 1.73. The monoisotopic (exact) mass is 281 g/mol. The third-order valence-electron chi connectivity index (χ3n) is 3.68. The molecule has 0 saturated heterocycles. The van der Waals surface area contributed by atoms with Gasteiger partial charge in [0.2, 0.25) is 0 Å². The summed E-state index contributed by atoms with van der Waals surface area (Å²) in [5.74, 6) is -0.125. The van der Waals surface area contributed by atoms with Crippen molar-refractivity contribution in [2.75, 3.05) is 4.90 Å². The first kappa shape index (κ1) is 11.8. The van der Waals surface area contributed by atoms with Crippen LogP contribution in [0.1, 0.15) is 21.5 Å². The fourth-order valence-corrected chi connectivity index (χ4v) is 2.67. The average molecular weight is 281 g/mol. The van der Waals surface area contributed by atoms with Crippen LogP contribution < -0.4 is 4.90 Å². The summed E-state index contributed by atoms with van der Waals surface area (Å²) in [5, 5.41) is 9.07. The number of hydrogen-bond donors (Lipinski definition) is 2. The number of aromatic amines is 1. The number of anilines is 1. The van der Waals surface area contributed by atoms with Gasteiger partial charge in [0.25, 0.3) is 0 Å². The number of nitrogens with zero attached hydrogens (tertiary/aromatic N) is 4. The molecule has 0 atom stereocenters. The number of H-pyrrole nitrogens is 1. The molecule has 2 N–H and O–H groups in total. The smallest absolute Gasteiger partial charge is 0.335 e. The van der Waals surface area contributed by atoms with Gasteiger partial charge in [0.15, 0.2) is 11.5 Å². The minimum atomic E-state index is -0.908. The zero-order chi connectivity index (χ0) is 14.4. The fourth-order valence-electron chi connectivity index (χ4n) is 2.67. The molecule has 21 heavy (non-hydrogen) atoms. The molecule has 1 aliphatic rings. The lowest BCUT2D eigenvalue weighted by Gasteiger charge is -2.16. The number of fused-ring (bicyclic) bond motifs is 2. The van der Waals surface area contributed by atoms with Crippen molar-refractivity contribution in [2.24, 2.45) is 0 Å². The van der Waals surface area contributed by atoms with Crippen molar-refractivity contribution in [3.63, 3.8) is 0 Å². The average Bonchev–Trinajstić information content (AvgIpc) is 3.12. The molecule has 7 nitrogen and oxygen atoms in total. The lowest BCUT2D eigenvalue weighted by atomic mass is 10.1. The molecule has 1 aromatic carbocycles. The molecule has 4 rings (SSSR count). The van der Waals surface area contributed by atoms with Gasteiger partial charge in [0.1, 0.15) is 11.8 Å². The SMILES string of the molecule is O=C(O)c1ccc2c(c1)CN(c1ncnc3nc[nH]c13)C2. The molecule has 104 valence electrons. The number of carboxylic acids is 1. The predicted molar refractivity (Wildman–Crippen MR) is 75.0 cm³/mol. The number of carboxylic acid groups (broad SMARTS) is 1. The zero-order valence-electron chi connectivity index (χ0n) is 10.9. The third kappa shape index (κ3) is 1.82. The van der Waals surface area contributed by atoms with Crippen LogP contribution >= 0.6 is 0 Å². The summed E-state index contributed by atoms with van der Waals surface area (Å²) in [4.78, 5) is 28.7. The number of nitrogens with one attached hydrogen (secondary N) is 1. The van der Waals surface area contributed by atoms with E-state index in [9.17, 15) is 4.79 Å². The van der Waals surface area contributed by atoms with Gasteiger partial charge in [0.05, 0.1) is 11.9 Å². The Morgan fingerprint density at radius 2 is 2.05 bits per heavy atom. The second-order valence-electron chi connectivity index (χ2n) is 4.94. The molecule has 1 aliphatic heterocycles. The topological polar surface area (TPSA) is 95.0 Å². The molecule has 0 aliphatic carbocycles. The van der Waals surface area contributed by atoms with Gasteiger partial charge >= 0.3 is 5.97 Å². The number of aromatic carboxylic acids is 1. The predicted octanol–water partition coefficient (Wildman–Crippen LogP) is 1.57. The number of imidazole rings is 1. The largest absolute Gasteiger partial charge is 0.478 e. The van der Waals surface area contributed by atoms with Crippen LogP contribution in [0.25, 0.3) is 11.2 Å². The van der Waals surface area contributed by atoms with E-state index in [1.54, 1.807) is 18.5 Å². The summed E-state index contributed by atoms with van der Waals surface area (Å²) in [6.07, 6.45) is 3.08. The summed E-state index contributed by atoms with van der Waals surface area (Å²) in [5.41, 5.74) is 3.86. The van der Waals surface area contributed by atoms with Crippen molar-refractivity contribution >= 4 is 23.0 Å². The molecular formula is C14H11N5O2. The molecular weight excluding hydrogens is 270 g/mol. The highest BCUT2D eigenvalue weighted by atomic mass is 16.4. The second-order valence-corrected chi connectivity index (χ2v) is 4.94. The van der Waals surface area contributed by atoms with Crippen LogP contribution in [0, 0.1) is 0 Å². The Kier molecular flexibility index (Phi) is 2.41. The van der Waals surface area contributed by atoms with Gasteiger partial charge in [-0.3, -0.25) is 0 Å². The van der Waals surface area contributed by atoms with Crippen molar-refractivity contribution < 1.29 is 9.90 Å². The fraction of sp³-hybridized carbons (Fsp3) is 0.143. The third-order valence-corrected chi connectivity index (χ3v) is 3.68. The van der Waals surface area contributed by atoms with E-state index in [0.29, 0.717) is 24.3 Å². The number of benzene rings is 1. The van der Waals surface area contributed by atoms with Crippen molar-refractivity contribution in [1.29, 1.82) is 0 Å². The van der Waals surface area contributed by atoms with Crippen molar-refractivity contribution in [2.45, 2.75) is 13.1 Å². The van der Waals surface area contributed by atoms with Gasteiger partial charge in [0, 0.05) is 13.1 Å². The van der Waals surface area contributed by atoms with E-state index in [4.69, 9.17) is 5.11 Å². The first-order valence-corrected chi connectivity index (χ1v) is 6.46. The maximum Gasteiger partial charge on any atom is 0.335 e. The molecule has 3 aromatic rings. The first-order valence-electron chi connectivity index (χ1n) is 6.46. The minimum Gasteiger partial charge on any atom is -0.478 e. The van der Waals surface area contributed by atoms with Crippen LogP contribution in [-0.4, -0.2) is 31.0 Å². The van der Waals surface area contributed by atoms with E-state index < -0.39 is 5.97 Å². The summed E-state index contributed by atoms with van der Waals surface area (Å²) in [6.45, 7) is 1.32. The van der Waals surface area contributed by atoms with Crippen LogP contribution in [0.15, 0.2) is 30.9 Å². The van der Waals surface area contributed by atoms with Gasteiger partial charge in [-0.15, -0.1) is 0 Å². The molecule has 2 aromatic heterocycles. The lowest BCUT2D eigenvalue weighted by Crippen LogP contribution is -2.16. The molecule has 7 heteroatoms. The van der Waals surface area contributed by atoms with E-state index in [2.05, 4.69) is 24.8 Å². The van der Waals surface area contributed by atoms with Gasteiger partial charge < -0.3 is 15.0 Å². The van der Waals surface area contributed by atoms with E-state index in [1.807, 2.05) is 6.07 Å². The standard InChI is InChI=1S/C14H11N5O2/c20-14(21)8-1-2-9-4-19(5-10(9)3-8)13-11-12(16-6-15-11)17-7-18-13/h1-3,6-7H,4-5H2,(H,20,21)(H,15,16,17,18). The zero-order valence-corrected chi connectivity index (χ0v) is 10.9. The van der Waals surface area contributed by atoms with Crippen LogP contribution in [0.4, 0.5) is 5.82 Å². The maximum absolute atomic E-state index is 11.0. The molecule has 0 amide bonds. The highest BCUT2D eigenvalue weighted by Gasteiger charge is 2.23. The Labute approximate surface area is 119 Å². The highest BCUT2D eigenvalue weighted by molar-refractivity contribution is 5.88. The normalized spacial score (nSPS) is 13.6. The van der Waals surface area contributed by atoms with Crippen molar-refractivity contribution in [3.05, 3.63) is 47.5 Å². The Bertz CT molecular complexity index is 857. The molecule has 0 saturated carbocycles. The molecule has 0 fully saturated rings. The highest BCUT2D eigenvalue weighted by Crippen LogP contribution is 2.30. The van der Waals surface area contributed by atoms with Crippen molar-refractivity contribution in [3.8, 4) is 0 Å². The van der Waals surface area contributed by atoms with Gasteiger partial charge in [-0.2, -0.15) is 0 Å². The van der Waals surface area contributed by atoms with Crippen molar-refractivity contribution in [1.82, 2.24) is 19.9 Å². The second kappa shape index (κ2) is 4.27. The summed E-state index contributed by atoms with van der Waals surface area (Å²) in [7, 11) is 0. The molecule has 0 radical (unpaired) electrons. The van der Waals surface area contributed by atoms with Crippen LogP contribution in [-0.2, 0) is 13.1 Å². The lowest BCUT2D eigenvalue weighted by molar-refractivity contribution is 0.0697. The number of carbonyl (C=O) groups is 1. The number of rotatable bonds is 2. The summed E-state index contributed by atoms with van der Waals surface area (Å²) < 4.78 is 0. The number of hydrogen-bond acceptors (Lipinski definition) is 5. The Morgan fingerprint density at radius 3 is 2.90 bits per heavy atom. The summed E-state index contributed by atoms with van der Waals surface area (Å²) >= 11 is 0. The maximum atomic E-state index is 11.0. The molecule has 0 unspecified atom stereocenters. The van der Waals surface area contributed by atoms with Gasteiger partial charge in [-0.25, -0.2) is 19.7 Å². The number of aromatic nitrogens is 4. The molecule has 3 heterocycles. The molecule has 0 spiro atoms. The van der Waals surface area contributed by atoms with E-state index >= 15 is 0 Å². The van der Waals surface area contributed by atoms with Crippen LogP contribution in [0.5, 0.6) is 0 Å². The quantitative estimate of drug-likeness (QED) is 0.740. The van der Waals surface area contributed by atoms with Gasteiger partial charge in [-0.1, -0.05) is 6.07 Å². The first-order chi connectivity index (χ1) is 10.2. The van der Waals surface area contributed by atoms with E-state index in [1.165, 1.54) is 6.33 Å². The van der Waals surface area contributed by atoms with Gasteiger partial charge in [-0.05, 0) is 23.3 Å². The van der Waals surface area contributed by atoms with Crippen LogP contribution in [0.2, 0.25) is 0 Å². The minimum absolute atomic E-state index is 0.310. The Morgan fingerprint density at radius 1 is 1.19 bits per heavy atom.